The van der Waals surface area contributed by atoms with Crippen molar-refractivity contribution in [1.82, 2.24) is 10.3 Å². The lowest BCUT2D eigenvalue weighted by atomic mass is 10.1. The predicted molar refractivity (Wildman–Crippen MR) is 112 cm³/mol. The third-order valence-electron chi connectivity index (χ3n) is 4.60. The molecule has 0 saturated heterocycles. The number of amides is 3. The molecule has 0 saturated carbocycles. The van der Waals surface area contributed by atoms with Gasteiger partial charge in [-0.3, -0.25) is 10.1 Å². The van der Waals surface area contributed by atoms with Crippen molar-refractivity contribution in [3.05, 3.63) is 51.7 Å². The summed E-state index contributed by atoms with van der Waals surface area (Å²) in [6, 6.07) is 7.22. The van der Waals surface area contributed by atoms with Crippen LogP contribution in [0.15, 0.2) is 23.2 Å². The first-order chi connectivity index (χ1) is 13.1. The monoisotopic (exact) mass is 396 g/mol. The molecular formula is C21H24N4O2S. The second-order valence-electron chi connectivity index (χ2n) is 6.76. The molecule has 0 fully saturated rings. The number of aromatic nitrogens is 1. The number of hydrogen-bond acceptors (Lipinski definition) is 5. The average molecular weight is 397 g/mol. The van der Waals surface area contributed by atoms with Gasteiger partial charge < -0.3 is 5.32 Å². The van der Waals surface area contributed by atoms with E-state index in [1.165, 1.54) is 11.8 Å². The largest absolute Gasteiger partial charge is 0.325 e. The molecule has 1 aromatic heterocycles. The van der Waals surface area contributed by atoms with E-state index in [1.54, 1.807) is 13.0 Å². The molecule has 0 radical (unpaired) electrons. The Hall–Kier alpha value is -2.85. The van der Waals surface area contributed by atoms with Crippen molar-refractivity contribution in [2.75, 3.05) is 5.32 Å². The summed E-state index contributed by atoms with van der Waals surface area (Å²) in [6.45, 7) is 11.2. The second kappa shape index (κ2) is 8.89. The van der Waals surface area contributed by atoms with Gasteiger partial charge >= 0.3 is 6.03 Å². The highest BCUT2D eigenvalue weighted by Crippen LogP contribution is 2.29. The van der Waals surface area contributed by atoms with Crippen molar-refractivity contribution in [1.29, 1.82) is 5.26 Å². The number of nitriles is 1. The Labute approximate surface area is 169 Å². The van der Waals surface area contributed by atoms with Crippen LogP contribution in [0.2, 0.25) is 0 Å². The number of anilines is 1. The van der Waals surface area contributed by atoms with Crippen LogP contribution in [0, 0.1) is 45.9 Å². The third kappa shape index (κ3) is 4.90. The van der Waals surface area contributed by atoms with Crippen LogP contribution in [0.5, 0.6) is 0 Å². The van der Waals surface area contributed by atoms with Crippen LogP contribution < -0.4 is 10.6 Å². The van der Waals surface area contributed by atoms with E-state index in [4.69, 9.17) is 0 Å². The molecule has 1 aromatic carbocycles. The fourth-order valence-electron chi connectivity index (χ4n) is 2.67. The Bertz CT molecular complexity index is 979. The molecule has 2 rings (SSSR count). The number of hydrogen-bond donors (Lipinski definition) is 2. The molecule has 1 unspecified atom stereocenters. The number of nitrogens with one attached hydrogen (secondary N) is 2. The third-order valence-corrected chi connectivity index (χ3v) is 5.69. The standard InChI is InChI=1S/C21H24N4O2S/c1-11-7-8-18(12(2)9-11)24-21(27)25-19(26)16(6)28-20-17(10-22)14(4)13(3)15(5)23-20/h7-9,16H,1-6H3,(H2,24,25,26,27). The summed E-state index contributed by atoms with van der Waals surface area (Å²) in [5.74, 6) is -0.450. The molecule has 0 spiro atoms. The summed E-state index contributed by atoms with van der Waals surface area (Å²) >= 11 is 1.17. The van der Waals surface area contributed by atoms with Crippen LogP contribution in [0.1, 0.15) is 40.4 Å². The van der Waals surface area contributed by atoms with E-state index in [1.807, 2.05) is 46.8 Å². The maximum absolute atomic E-state index is 12.4. The van der Waals surface area contributed by atoms with Crippen molar-refractivity contribution in [2.24, 2.45) is 0 Å². The lowest BCUT2D eigenvalue weighted by Gasteiger charge is -2.15. The van der Waals surface area contributed by atoms with Gasteiger partial charge in [0.25, 0.3) is 0 Å². The van der Waals surface area contributed by atoms with Gasteiger partial charge in [0.15, 0.2) is 0 Å². The van der Waals surface area contributed by atoms with Crippen LogP contribution in [-0.2, 0) is 4.79 Å². The molecule has 0 aliphatic carbocycles. The molecule has 28 heavy (non-hydrogen) atoms. The van der Waals surface area contributed by atoms with E-state index >= 15 is 0 Å². The highest BCUT2D eigenvalue weighted by atomic mass is 32.2. The van der Waals surface area contributed by atoms with Gasteiger partial charge in [0.1, 0.15) is 11.1 Å². The molecule has 146 valence electrons. The minimum Gasteiger partial charge on any atom is -0.307 e. The molecule has 7 heteroatoms. The number of aryl methyl sites for hydroxylation is 3. The predicted octanol–water partition coefficient (Wildman–Crippen LogP) is 4.32. The van der Waals surface area contributed by atoms with Crippen LogP contribution in [0.3, 0.4) is 0 Å². The SMILES string of the molecule is Cc1ccc(NC(=O)NC(=O)C(C)Sc2nc(C)c(C)c(C)c2C#N)c(C)c1. The minimum atomic E-state index is -0.592. The Kier molecular flexibility index (Phi) is 6.81. The average Bonchev–Trinajstić information content (AvgIpc) is 2.62. The zero-order valence-electron chi connectivity index (χ0n) is 16.9. The summed E-state index contributed by atoms with van der Waals surface area (Å²) < 4.78 is 0. The summed E-state index contributed by atoms with van der Waals surface area (Å²) in [6.07, 6.45) is 0. The minimum absolute atomic E-state index is 0.450. The van der Waals surface area contributed by atoms with Gasteiger partial charge in [0, 0.05) is 11.4 Å². The number of pyridine rings is 1. The molecule has 0 aliphatic heterocycles. The molecule has 2 N–H and O–H groups in total. The Morgan fingerprint density at radius 3 is 2.43 bits per heavy atom. The summed E-state index contributed by atoms with van der Waals surface area (Å²) in [5, 5.41) is 14.4. The summed E-state index contributed by atoms with van der Waals surface area (Å²) in [5.41, 5.74) is 5.76. The lowest BCUT2D eigenvalue weighted by Crippen LogP contribution is -2.39. The summed E-state index contributed by atoms with van der Waals surface area (Å²) in [4.78, 5) is 29.0. The first-order valence-electron chi connectivity index (χ1n) is 8.87. The first kappa shape index (κ1) is 21.5. The van der Waals surface area contributed by atoms with Crippen molar-refractivity contribution < 1.29 is 9.59 Å². The molecule has 2 aromatic rings. The normalized spacial score (nSPS) is 11.5. The van der Waals surface area contributed by atoms with Crippen molar-refractivity contribution in [3.63, 3.8) is 0 Å². The van der Waals surface area contributed by atoms with E-state index in [2.05, 4.69) is 21.7 Å². The number of benzene rings is 1. The Morgan fingerprint density at radius 2 is 1.82 bits per heavy atom. The van der Waals surface area contributed by atoms with Crippen LogP contribution in [-0.4, -0.2) is 22.2 Å². The van der Waals surface area contributed by atoms with Gasteiger partial charge in [-0.05, 0) is 64.3 Å². The van der Waals surface area contributed by atoms with Gasteiger partial charge in [-0.1, -0.05) is 29.5 Å². The van der Waals surface area contributed by atoms with E-state index in [9.17, 15) is 14.9 Å². The van der Waals surface area contributed by atoms with Crippen LogP contribution >= 0.6 is 11.8 Å². The number of nitrogens with zero attached hydrogens (tertiary/aromatic N) is 2. The van der Waals surface area contributed by atoms with Gasteiger partial charge in [0.05, 0.1) is 10.8 Å². The molecule has 1 atom stereocenters. The quantitative estimate of drug-likeness (QED) is 0.750. The first-order valence-corrected chi connectivity index (χ1v) is 9.75. The molecular weight excluding hydrogens is 372 g/mol. The van der Waals surface area contributed by atoms with Gasteiger partial charge in [0.2, 0.25) is 5.91 Å². The smallest absolute Gasteiger partial charge is 0.307 e. The zero-order chi connectivity index (χ0) is 21.0. The number of carbonyl (C=O) groups excluding carboxylic acids is 2. The topological polar surface area (TPSA) is 94.9 Å². The van der Waals surface area contributed by atoms with Crippen LogP contribution in [0.25, 0.3) is 0 Å². The lowest BCUT2D eigenvalue weighted by molar-refractivity contribution is -0.119. The second-order valence-corrected chi connectivity index (χ2v) is 8.09. The number of urea groups is 1. The number of imide groups is 1. The van der Waals surface area contributed by atoms with Gasteiger partial charge in [-0.2, -0.15) is 5.26 Å². The van der Waals surface area contributed by atoms with Crippen molar-refractivity contribution in [2.45, 2.75) is 51.8 Å². The molecule has 6 nitrogen and oxygen atoms in total. The van der Waals surface area contributed by atoms with E-state index < -0.39 is 17.2 Å². The van der Waals surface area contributed by atoms with E-state index in [0.29, 0.717) is 16.3 Å². The number of carbonyl (C=O) groups is 2. The molecule has 0 aliphatic rings. The Balaban J connectivity index is 2.07. The highest BCUT2D eigenvalue weighted by molar-refractivity contribution is 8.00. The summed E-state index contributed by atoms with van der Waals surface area (Å²) in [7, 11) is 0. The fourth-order valence-corrected chi connectivity index (χ4v) is 3.68. The number of thioether (sulfide) groups is 1. The number of rotatable bonds is 4. The zero-order valence-corrected chi connectivity index (χ0v) is 17.7. The molecule has 0 bridgehead atoms. The maximum atomic E-state index is 12.4. The van der Waals surface area contributed by atoms with Crippen molar-refractivity contribution >= 4 is 29.4 Å². The van der Waals surface area contributed by atoms with Gasteiger partial charge in [-0.25, -0.2) is 9.78 Å². The van der Waals surface area contributed by atoms with Crippen molar-refractivity contribution in [3.8, 4) is 6.07 Å². The maximum Gasteiger partial charge on any atom is 0.325 e. The molecule has 3 amide bonds. The van der Waals surface area contributed by atoms with Gasteiger partial charge in [-0.15, -0.1) is 0 Å². The molecule has 1 heterocycles. The van der Waals surface area contributed by atoms with E-state index in [-0.39, 0.29) is 0 Å². The Morgan fingerprint density at radius 1 is 1.14 bits per heavy atom. The highest BCUT2D eigenvalue weighted by Gasteiger charge is 2.21. The fraction of sp³-hybridized carbons (Fsp3) is 0.333. The van der Waals surface area contributed by atoms with Crippen LogP contribution in [0.4, 0.5) is 10.5 Å². The van der Waals surface area contributed by atoms with E-state index in [0.717, 1.165) is 27.9 Å².